The minimum atomic E-state index is -0.874. The average molecular weight is 267 g/mol. The monoisotopic (exact) mass is 267 g/mol. The zero-order chi connectivity index (χ0) is 14.1. The number of benzene rings is 1. The number of hydrogen-bond acceptors (Lipinski definition) is 4. The van der Waals surface area contributed by atoms with Crippen LogP contribution in [0.4, 0.5) is 5.82 Å². The van der Waals surface area contributed by atoms with Gasteiger partial charge in [-0.2, -0.15) is 5.26 Å². The van der Waals surface area contributed by atoms with E-state index in [0.717, 1.165) is 18.2 Å². The summed E-state index contributed by atoms with van der Waals surface area (Å²) >= 11 is 0. The summed E-state index contributed by atoms with van der Waals surface area (Å²) in [6.07, 6.45) is 1.84. The van der Waals surface area contributed by atoms with Crippen LogP contribution in [-0.4, -0.2) is 22.1 Å². The van der Waals surface area contributed by atoms with Gasteiger partial charge in [-0.15, -0.1) is 0 Å². The lowest BCUT2D eigenvalue weighted by molar-refractivity contribution is -0.138. The quantitative estimate of drug-likeness (QED) is 0.888. The fourth-order valence-electron chi connectivity index (χ4n) is 2.31. The molecule has 2 aromatic rings. The van der Waals surface area contributed by atoms with Crippen LogP contribution in [0, 0.1) is 17.2 Å². The molecule has 0 spiro atoms. The normalized spacial score (nSPS) is 15.6. The van der Waals surface area contributed by atoms with Gasteiger partial charge in [-0.25, -0.2) is 9.78 Å². The molecule has 5 nitrogen and oxygen atoms in total. The summed E-state index contributed by atoms with van der Waals surface area (Å²) in [6, 6.07) is 10.5. The summed E-state index contributed by atoms with van der Waals surface area (Å²) in [5.74, 6) is -0.271. The van der Waals surface area contributed by atoms with Crippen LogP contribution in [0.3, 0.4) is 0 Å². The molecule has 0 saturated heterocycles. The maximum Gasteiger partial charge on any atom is 0.326 e. The molecule has 0 radical (unpaired) electrons. The van der Waals surface area contributed by atoms with Gasteiger partial charge in [0, 0.05) is 5.39 Å². The molecular weight excluding hydrogens is 254 g/mol. The van der Waals surface area contributed by atoms with Crippen LogP contribution in [0.15, 0.2) is 30.3 Å². The third kappa shape index (κ3) is 2.28. The molecule has 1 aliphatic carbocycles. The van der Waals surface area contributed by atoms with Gasteiger partial charge in [-0.1, -0.05) is 18.2 Å². The van der Waals surface area contributed by atoms with Crippen molar-refractivity contribution in [3.8, 4) is 6.07 Å². The highest BCUT2D eigenvalue weighted by Gasteiger charge is 2.36. The first-order chi connectivity index (χ1) is 9.69. The molecule has 1 fully saturated rings. The Morgan fingerprint density at radius 1 is 1.45 bits per heavy atom. The molecule has 1 aromatic carbocycles. The molecule has 1 aliphatic rings. The largest absolute Gasteiger partial charge is 0.480 e. The van der Waals surface area contributed by atoms with E-state index in [9.17, 15) is 15.2 Å². The summed E-state index contributed by atoms with van der Waals surface area (Å²) in [6.45, 7) is 0. The van der Waals surface area contributed by atoms with E-state index in [4.69, 9.17) is 0 Å². The first-order valence-corrected chi connectivity index (χ1v) is 6.48. The Balaban J connectivity index is 1.99. The fourth-order valence-corrected chi connectivity index (χ4v) is 2.31. The number of carboxylic acid groups (broad SMARTS) is 1. The minimum Gasteiger partial charge on any atom is -0.480 e. The zero-order valence-corrected chi connectivity index (χ0v) is 10.7. The molecule has 3 rings (SSSR count). The standard InChI is InChI=1S/C15H13N3O2/c16-8-10-7-13(17-12-4-2-1-3-11(10)12)18-14(15(19)20)9-5-6-9/h1-4,7,9,14H,5-6H2,(H,17,18)(H,19,20). The van der Waals surface area contributed by atoms with Crippen LogP contribution >= 0.6 is 0 Å². The van der Waals surface area contributed by atoms with Crippen molar-refractivity contribution in [3.63, 3.8) is 0 Å². The Morgan fingerprint density at radius 3 is 2.85 bits per heavy atom. The lowest BCUT2D eigenvalue weighted by atomic mass is 10.1. The molecule has 1 atom stereocenters. The van der Waals surface area contributed by atoms with Crippen LogP contribution in [0.5, 0.6) is 0 Å². The molecule has 1 unspecified atom stereocenters. The van der Waals surface area contributed by atoms with E-state index < -0.39 is 12.0 Å². The van der Waals surface area contributed by atoms with Crippen molar-refractivity contribution in [2.45, 2.75) is 18.9 Å². The Bertz CT molecular complexity index is 717. The van der Waals surface area contributed by atoms with Gasteiger partial charge in [-0.05, 0) is 30.9 Å². The van der Waals surface area contributed by atoms with Crippen LogP contribution in [-0.2, 0) is 4.79 Å². The van der Waals surface area contributed by atoms with Crippen LogP contribution in [0.2, 0.25) is 0 Å². The van der Waals surface area contributed by atoms with Gasteiger partial charge in [0.15, 0.2) is 0 Å². The highest BCUT2D eigenvalue weighted by molar-refractivity contribution is 5.87. The van der Waals surface area contributed by atoms with E-state index >= 15 is 0 Å². The molecule has 0 bridgehead atoms. The molecule has 2 N–H and O–H groups in total. The lowest BCUT2D eigenvalue weighted by Crippen LogP contribution is -2.31. The summed E-state index contributed by atoms with van der Waals surface area (Å²) in [5, 5.41) is 22.2. The van der Waals surface area contributed by atoms with Gasteiger partial charge in [0.05, 0.1) is 17.1 Å². The first kappa shape index (κ1) is 12.4. The maximum atomic E-state index is 11.2. The number of nitriles is 1. The number of nitrogens with one attached hydrogen (secondary N) is 1. The molecule has 5 heteroatoms. The van der Waals surface area contributed by atoms with Gasteiger partial charge in [0.25, 0.3) is 0 Å². The Morgan fingerprint density at radius 2 is 2.20 bits per heavy atom. The van der Waals surface area contributed by atoms with Gasteiger partial charge < -0.3 is 10.4 Å². The molecule has 1 saturated carbocycles. The molecule has 1 heterocycles. The van der Waals surface area contributed by atoms with Crippen molar-refractivity contribution < 1.29 is 9.90 Å². The SMILES string of the molecule is N#Cc1cc(NC(C(=O)O)C2CC2)nc2ccccc12. The molecule has 100 valence electrons. The van der Waals surface area contributed by atoms with Gasteiger partial charge in [-0.3, -0.25) is 0 Å². The highest BCUT2D eigenvalue weighted by atomic mass is 16.4. The topological polar surface area (TPSA) is 86.0 Å². The predicted molar refractivity (Wildman–Crippen MR) is 74.2 cm³/mol. The summed E-state index contributed by atoms with van der Waals surface area (Å²) in [5.41, 5.74) is 1.19. The minimum absolute atomic E-state index is 0.159. The zero-order valence-electron chi connectivity index (χ0n) is 10.7. The highest BCUT2D eigenvalue weighted by Crippen LogP contribution is 2.34. The number of nitrogens with zero attached hydrogens (tertiary/aromatic N) is 2. The van der Waals surface area contributed by atoms with Crippen molar-refractivity contribution in [2.75, 3.05) is 5.32 Å². The second-order valence-corrected chi connectivity index (χ2v) is 4.98. The number of pyridine rings is 1. The number of carboxylic acids is 1. The van der Waals surface area contributed by atoms with E-state index in [0.29, 0.717) is 16.9 Å². The Kier molecular flexibility index (Phi) is 2.99. The van der Waals surface area contributed by atoms with Gasteiger partial charge in [0.2, 0.25) is 0 Å². The van der Waals surface area contributed by atoms with Crippen molar-refractivity contribution in [1.29, 1.82) is 5.26 Å². The van der Waals surface area contributed by atoms with Crippen LogP contribution in [0.25, 0.3) is 10.9 Å². The van der Waals surface area contributed by atoms with Crippen molar-refractivity contribution in [3.05, 3.63) is 35.9 Å². The molecule has 0 aliphatic heterocycles. The summed E-state index contributed by atoms with van der Waals surface area (Å²) in [7, 11) is 0. The Hall–Kier alpha value is -2.61. The summed E-state index contributed by atoms with van der Waals surface area (Å²) < 4.78 is 0. The third-order valence-corrected chi connectivity index (χ3v) is 3.50. The van der Waals surface area contributed by atoms with E-state index in [1.807, 2.05) is 24.3 Å². The second kappa shape index (κ2) is 4.82. The second-order valence-electron chi connectivity index (χ2n) is 4.98. The van der Waals surface area contributed by atoms with Crippen molar-refractivity contribution in [2.24, 2.45) is 5.92 Å². The smallest absolute Gasteiger partial charge is 0.326 e. The van der Waals surface area contributed by atoms with Gasteiger partial charge in [0.1, 0.15) is 11.9 Å². The van der Waals surface area contributed by atoms with E-state index in [2.05, 4.69) is 16.4 Å². The number of rotatable bonds is 4. The van der Waals surface area contributed by atoms with E-state index in [1.165, 1.54) is 0 Å². The predicted octanol–water partition coefficient (Wildman–Crippen LogP) is 2.38. The molecule has 0 amide bonds. The maximum absolute atomic E-state index is 11.2. The van der Waals surface area contributed by atoms with Crippen molar-refractivity contribution >= 4 is 22.7 Å². The van der Waals surface area contributed by atoms with Crippen molar-refractivity contribution in [1.82, 2.24) is 4.98 Å². The van der Waals surface area contributed by atoms with E-state index in [-0.39, 0.29) is 5.92 Å². The fraction of sp³-hybridized carbons (Fsp3) is 0.267. The number of anilines is 1. The van der Waals surface area contributed by atoms with E-state index in [1.54, 1.807) is 6.07 Å². The number of hydrogen-bond donors (Lipinski definition) is 2. The number of carbonyl (C=O) groups is 1. The Labute approximate surface area is 115 Å². The van der Waals surface area contributed by atoms with Crippen LogP contribution in [0.1, 0.15) is 18.4 Å². The lowest BCUT2D eigenvalue weighted by Gasteiger charge is -2.15. The first-order valence-electron chi connectivity index (χ1n) is 6.48. The number of aliphatic carboxylic acids is 1. The summed E-state index contributed by atoms with van der Waals surface area (Å²) in [4.78, 5) is 15.6. The molecular formula is C15H13N3O2. The van der Waals surface area contributed by atoms with Crippen LogP contribution < -0.4 is 5.32 Å². The molecule has 20 heavy (non-hydrogen) atoms. The average Bonchev–Trinajstić information content (AvgIpc) is 3.28. The molecule has 1 aromatic heterocycles. The number of fused-ring (bicyclic) bond motifs is 1. The number of aromatic nitrogens is 1. The van der Waals surface area contributed by atoms with Gasteiger partial charge >= 0.3 is 5.97 Å². The third-order valence-electron chi connectivity index (χ3n) is 3.50. The number of para-hydroxylation sites is 1.